The van der Waals surface area contributed by atoms with E-state index in [1.807, 2.05) is 0 Å². The highest BCUT2D eigenvalue weighted by Crippen LogP contribution is 2.32. The zero-order valence-corrected chi connectivity index (χ0v) is 7.56. The van der Waals surface area contributed by atoms with Gasteiger partial charge in [-0.25, -0.2) is 0 Å². The van der Waals surface area contributed by atoms with E-state index in [1.165, 1.54) is 0 Å². The molecule has 1 aliphatic heterocycles. The lowest BCUT2D eigenvalue weighted by atomic mass is 9.91. The topological polar surface area (TPSA) is 9.23 Å². The van der Waals surface area contributed by atoms with Gasteiger partial charge in [-0.1, -0.05) is 6.92 Å². The molecule has 10 heavy (non-hydrogen) atoms. The Bertz CT molecular complexity index is 116. The van der Waals surface area contributed by atoms with Crippen LogP contribution in [0.15, 0.2) is 0 Å². The highest BCUT2D eigenvalue weighted by Gasteiger charge is 2.35. The van der Waals surface area contributed by atoms with E-state index in [2.05, 4.69) is 20.8 Å². The molecule has 0 radical (unpaired) electrons. The molecule has 1 heterocycles. The molecule has 0 aromatic rings. The number of alkyl halides is 1. The minimum atomic E-state index is 0.350. The first-order valence-corrected chi connectivity index (χ1v) is 4.41. The summed E-state index contributed by atoms with van der Waals surface area (Å²) in [6, 6.07) is 0. The molecule has 0 spiro atoms. The third-order valence-electron chi connectivity index (χ3n) is 2.63. The normalized spacial score (nSPS) is 48.0. The lowest BCUT2D eigenvalue weighted by molar-refractivity contribution is 0.0527. The number of ether oxygens (including phenoxy) is 1. The van der Waals surface area contributed by atoms with Gasteiger partial charge in [0.05, 0.1) is 12.2 Å². The lowest BCUT2D eigenvalue weighted by Crippen LogP contribution is -2.18. The predicted molar refractivity (Wildman–Crippen MR) is 43.4 cm³/mol. The van der Waals surface area contributed by atoms with E-state index in [0.717, 1.165) is 5.88 Å². The molecule has 0 aromatic heterocycles. The minimum absolute atomic E-state index is 0.350. The third-order valence-corrected chi connectivity index (χ3v) is 2.98. The maximum Gasteiger partial charge on any atom is 0.0593 e. The number of hydrogen-bond acceptors (Lipinski definition) is 1. The van der Waals surface area contributed by atoms with Gasteiger partial charge in [-0.3, -0.25) is 0 Å². The fourth-order valence-electron chi connectivity index (χ4n) is 1.61. The summed E-state index contributed by atoms with van der Waals surface area (Å²) in [6.07, 6.45) is 0.737. The monoisotopic (exact) mass is 162 g/mol. The van der Waals surface area contributed by atoms with Gasteiger partial charge in [0.2, 0.25) is 0 Å². The summed E-state index contributed by atoms with van der Waals surface area (Å²) in [7, 11) is 0. The first kappa shape index (κ1) is 8.35. The van der Waals surface area contributed by atoms with Gasteiger partial charge < -0.3 is 4.74 Å². The van der Waals surface area contributed by atoms with Crippen molar-refractivity contribution in [3.05, 3.63) is 0 Å². The second-order valence-corrected chi connectivity index (χ2v) is 3.53. The smallest absolute Gasteiger partial charge is 0.0593 e. The molecule has 0 bridgehead atoms. The average molecular weight is 163 g/mol. The van der Waals surface area contributed by atoms with Gasteiger partial charge in [0.15, 0.2) is 0 Å². The average Bonchev–Trinajstić information content (AvgIpc) is 2.09. The second kappa shape index (κ2) is 3.10. The van der Waals surface area contributed by atoms with Crippen molar-refractivity contribution in [3.8, 4) is 0 Å². The van der Waals surface area contributed by atoms with E-state index in [9.17, 15) is 0 Å². The van der Waals surface area contributed by atoms with Gasteiger partial charge in [0, 0.05) is 11.8 Å². The Morgan fingerprint density at radius 2 is 1.80 bits per heavy atom. The molecule has 1 saturated heterocycles. The summed E-state index contributed by atoms with van der Waals surface area (Å²) >= 11 is 5.78. The van der Waals surface area contributed by atoms with Gasteiger partial charge in [-0.15, -0.1) is 11.6 Å². The molecular weight excluding hydrogens is 148 g/mol. The number of rotatable bonds is 1. The first-order valence-electron chi connectivity index (χ1n) is 3.88. The summed E-state index contributed by atoms with van der Waals surface area (Å²) in [5, 5.41) is 0. The van der Waals surface area contributed by atoms with E-state index in [4.69, 9.17) is 16.3 Å². The standard InChI is InChI=1S/C8H15ClO/c1-5-6(2)10-7(3)8(5)4-9/h5-8H,4H2,1-3H3/t5-,6-,7+,8+/m0/s1. The van der Waals surface area contributed by atoms with Crippen LogP contribution in [-0.2, 0) is 4.74 Å². The molecule has 0 aliphatic carbocycles. The van der Waals surface area contributed by atoms with Gasteiger partial charge >= 0.3 is 0 Å². The molecule has 4 atom stereocenters. The van der Waals surface area contributed by atoms with Crippen LogP contribution in [-0.4, -0.2) is 18.1 Å². The lowest BCUT2D eigenvalue weighted by Gasteiger charge is -2.13. The quantitative estimate of drug-likeness (QED) is 0.538. The van der Waals surface area contributed by atoms with Crippen LogP contribution in [0.3, 0.4) is 0 Å². The molecule has 1 fully saturated rings. The molecule has 1 nitrogen and oxygen atoms in total. The van der Waals surface area contributed by atoms with Crippen molar-refractivity contribution in [2.75, 3.05) is 5.88 Å². The minimum Gasteiger partial charge on any atom is -0.375 e. The Balaban J connectivity index is 2.55. The molecule has 1 aliphatic rings. The molecule has 60 valence electrons. The van der Waals surface area contributed by atoms with Crippen molar-refractivity contribution in [1.82, 2.24) is 0 Å². The van der Waals surface area contributed by atoms with Crippen molar-refractivity contribution < 1.29 is 4.74 Å². The van der Waals surface area contributed by atoms with Crippen LogP contribution in [0.4, 0.5) is 0 Å². The van der Waals surface area contributed by atoms with Crippen molar-refractivity contribution in [2.45, 2.75) is 33.0 Å². The molecule has 0 amide bonds. The predicted octanol–water partition coefficient (Wildman–Crippen LogP) is 2.28. The van der Waals surface area contributed by atoms with Crippen LogP contribution >= 0.6 is 11.6 Å². The number of hydrogen-bond donors (Lipinski definition) is 0. The van der Waals surface area contributed by atoms with Gasteiger partial charge in [0.25, 0.3) is 0 Å². The SMILES string of the molecule is C[C@@H]1[C@@H](CCl)[C@@H](C)O[C@H]1C. The van der Waals surface area contributed by atoms with Crippen LogP contribution in [0.2, 0.25) is 0 Å². The van der Waals surface area contributed by atoms with E-state index in [-0.39, 0.29) is 0 Å². The van der Waals surface area contributed by atoms with E-state index in [1.54, 1.807) is 0 Å². The van der Waals surface area contributed by atoms with Crippen LogP contribution in [0.1, 0.15) is 20.8 Å². The van der Waals surface area contributed by atoms with Crippen molar-refractivity contribution in [3.63, 3.8) is 0 Å². The Morgan fingerprint density at radius 3 is 2.00 bits per heavy atom. The Morgan fingerprint density at radius 1 is 1.20 bits per heavy atom. The molecular formula is C8H15ClO. The highest BCUT2D eigenvalue weighted by molar-refractivity contribution is 6.18. The van der Waals surface area contributed by atoms with E-state index < -0.39 is 0 Å². The zero-order chi connectivity index (χ0) is 7.72. The molecule has 0 N–H and O–H groups in total. The van der Waals surface area contributed by atoms with E-state index >= 15 is 0 Å². The maximum atomic E-state index is 5.78. The third kappa shape index (κ3) is 1.30. The zero-order valence-electron chi connectivity index (χ0n) is 6.80. The second-order valence-electron chi connectivity index (χ2n) is 3.22. The fraction of sp³-hybridized carbons (Fsp3) is 1.00. The van der Waals surface area contributed by atoms with Crippen molar-refractivity contribution >= 4 is 11.6 Å². The first-order chi connectivity index (χ1) is 4.66. The van der Waals surface area contributed by atoms with Crippen molar-refractivity contribution in [1.29, 1.82) is 0 Å². The molecule has 0 unspecified atom stereocenters. The van der Waals surface area contributed by atoms with Crippen LogP contribution in [0.5, 0.6) is 0 Å². The molecule has 2 heteroatoms. The summed E-state index contributed by atoms with van der Waals surface area (Å²) < 4.78 is 5.59. The van der Waals surface area contributed by atoms with Gasteiger partial charge in [-0.05, 0) is 19.8 Å². The highest BCUT2D eigenvalue weighted by atomic mass is 35.5. The van der Waals surface area contributed by atoms with Crippen molar-refractivity contribution in [2.24, 2.45) is 11.8 Å². The van der Waals surface area contributed by atoms with Gasteiger partial charge in [-0.2, -0.15) is 0 Å². The van der Waals surface area contributed by atoms with Crippen LogP contribution < -0.4 is 0 Å². The fourth-order valence-corrected chi connectivity index (χ4v) is 2.14. The summed E-state index contributed by atoms with van der Waals surface area (Å²) in [6.45, 7) is 6.43. The Kier molecular flexibility index (Phi) is 2.59. The summed E-state index contributed by atoms with van der Waals surface area (Å²) in [4.78, 5) is 0. The van der Waals surface area contributed by atoms with E-state index in [0.29, 0.717) is 24.0 Å². The molecule has 0 aromatic carbocycles. The van der Waals surface area contributed by atoms with Crippen LogP contribution in [0.25, 0.3) is 0 Å². The largest absolute Gasteiger partial charge is 0.375 e. The Hall–Kier alpha value is 0.250. The van der Waals surface area contributed by atoms with Gasteiger partial charge in [0.1, 0.15) is 0 Å². The maximum absolute atomic E-state index is 5.78. The number of halogens is 1. The molecule has 1 rings (SSSR count). The summed E-state index contributed by atoms with van der Waals surface area (Å²) in [5.74, 6) is 1.90. The summed E-state index contributed by atoms with van der Waals surface area (Å²) in [5.41, 5.74) is 0. The van der Waals surface area contributed by atoms with Crippen LogP contribution in [0, 0.1) is 11.8 Å². The Labute approximate surface area is 67.7 Å². The molecule has 0 saturated carbocycles.